The molecule has 5 rings (SSSR count). The lowest BCUT2D eigenvalue weighted by Gasteiger charge is -2.17. The van der Waals surface area contributed by atoms with Crippen LogP contribution in [-0.4, -0.2) is 20.1 Å². The van der Waals surface area contributed by atoms with E-state index in [1.807, 2.05) is 42.5 Å². The number of fused-ring (bicyclic) bond motifs is 1. The highest BCUT2D eigenvalue weighted by Gasteiger charge is 2.34. The van der Waals surface area contributed by atoms with Crippen molar-refractivity contribution in [2.24, 2.45) is 0 Å². The molecule has 11 heteroatoms. The van der Waals surface area contributed by atoms with E-state index in [1.165, 1.54) is 22.7 Å². The van der Waals surface area contributed by atoms with Crippen LogP contribution in [0.1, 0.15) is 5.56 Å². The van der Waals surface area contributed by atoms with Crippen LogP contribution in [0.5, 0.6) is 11.5 Å². The van der Waals surface area contributed by atoms with Gasteiger partial charge >= 0.3 is 5.69 Å². The molecule has 1 aliphatic rings. The molecule has 4 aromatic carbocycles. The number of thioether (sulfide) groups is 1. The van der Waals surface area contributed by atoms with Gasteiger partial charge in [0.2, 0.25) is 5.75 Å². The first kappa shape index (κ1) is 24.1. The fraction of sp³-hybridized carbons (Fsp3) is 0. The Labute approximate surface area is 219 Å². The first-order valence-corrected chi connectivity index (χ1v) is 12.0. The standard InChI is InChI=1S/C26H15N3O6S2/c30-25-24(37-26(36)27(25)21-10-4-7-17-6-1-2-9-20(17)21)14-16-5-3-8-19(13-16)35-23-12-11-18(28(31)32)15-22(23)29(33)34/h1-15H. The Hall–Kier alpha value is -4.61. The molecule has 0 unspecified atom stereocenters. The van der Waals surface area contributed by atoms with Crippen LogP contribution in [0.3, 0.4) is 0 Å². The molecule has 0 atom stereocenters. The van der Waals surface area contributed by atoms with Crippen molar-refractivity contribution in [1.29, 1.82) is 0 Å². The van der Waals surface area contributed by atoms with Gasteiger partial charge in [0.05, 0.1) is 26.5 Å². The van der Waals surface area contributed by atoms with Crippen molar-refractivity contribution in [3.8, 4) is 11.5 Å². The van der Waals surface area contributed by atoms with E-state index in [9.17, 15) is 25.0 Å². The Balaban J connectivity index is 1.43. The number of anilines is 1. The third-order valence-electron chi connectivity index (χ3n) is 5.53. The van der Waals surface area contributed by atoms with Gasteiger partial charge in [-0.3, -0.25) is 29.9 Å². The topological polar surface area (TPSA) is 116 Å². The van der Waals surface area contributed by atoms with Gasteiger partial charge in [0, 0.05) is 11.5 Å². The number of ether oxygens (including phenoxy) is 1. The molecule has 1 heterocycles. The number of hydrogen-bond acceptors (Lipinski definition) is 8. The summed E-state index contributed by atoms with van der Waals surface area (Å²) in [5.41, 5.74) is 0.364. The van der Waals surface area contributed by atoms with Crippen LogP contribution in [-0.2, 0) is 4.79 Å². The molecule has 1 aliphatic heterocycles. The molecule has 0 spiro atoms. The highest BCUT2D eigenvalue weighted by Crippen LogP contribution is 2.39. The summed E-state index contributed by atoms with van der Waals surface area (Å²) in [6.45, 7) is 0. The third-order valence-corrected chi connectivity index (χ3v) is 6.84. The molecule has 0 radical (unpaired) electrons. The maximum absolute atomic E-state index is 13.3. The van der Waals surface area contributed by atoms with Crippen LogP contribution in [0.4, 0.5) is 17.1 Å². The van der Waals surface area contributed by atoms with Crippen molar-refractivity contribution >= 4 is 68.1 Å². The SMILES string of the molecule is O=C1C(=Cc2cccc(Oc3ccc([N+](=O)[O-])cc3[N+](=O)[O-])c2)SC(=S)N1c1cccc2ccccc12. The summed E-state index contributed by atoms with van der Waals surface area (Å²) in [6.07, 6.45) is 1.67. The predicted molar refractivity (Wildman–Crippen MR) is 146 cm³/mol. The van der Waals surface area contributed by atoms with Crippen LogP contribution < -0.4 is 9.64 Å². The minimum absolute atomic E-state index is 0.143. The van der Waals surface area contributed by atoms with Gasteiger partial charge in [0.25, 0.3) is 11.6 Å². The summed E-state index contributed by atoms with van der Waals surface area (Å²) in [5.74, 6) is -0.144. The van der Waals surface area contributed by atoms with Gasteiger partial charge < -0.3 is 4.74 Å². The molecule has 9 nitrogen and oxygen atoms in total. The molecule has 182 valence electrons. The molecule has 0 saturated carbocycles. The first-order valence-electron chi connectivity index (χ1n) is 10.8. The maximum atomic E-state index is 13.3. The summed E-state index contributed by atoms with van der Waals surface area (Å²) in [7, 11) is 0. The van der Waals surface area contributed by atoms with E-state index in [-0.39, 0.29) is 17.4 Å². The van der Waals surface area contributed by atoms with Gasteiger partial charge in [0.15, 0.2) is 4.32 Å². The molecule has 37 heavy (non-hydrogen) atoms. The zero-order chi connectivity index (χ0) is 26.1. The van der Waals surface area contributed by atoms with E-state index in [1.54, 1.807) is 30.3 Å². The Morgan fingerprint density at radius 3 is 2.43 bits per heavy atom. The number of nitro benzene ring substituents is 2. The molecule has 1 saturated heterocycles. The molecule has 0 aromatic heterocycles. The van der Waals surface area contributed by atoms with Crippen molar-refractivity contribution in [2.45, 2.75) is 0 Å². The van der Waals surface area contributed by atoms with Gasteiger partial charge in [-0.1, -0.05) is 72.5 Å². The summed E-state index contributed by atoms with van der Waals surface area (Å²) in [5, 5.41) is 24.3. The average Bonchev–Trinajstić information content (AvgIpc) is 3.16. The van der Waals surface area contributed by atoms with Crippen LogP contribution in [0.25, 0.3) is 16.8 Å². The van der Waals surface area contributed by atoms with Crippen LogP contribution in [0.15, 0.2) is 89.8 Å². The van der Waals surface area contributed by atoms with Gasteiger partial charge in [-0.25, -0.2) is 0 Å². The number of nitro groups is 2. The van der Waals surface area contributed by atoms with Gasteiger partial charge in [-0.2, -0.15) is 0 Å². The van der Waals surface area contributed by atoms with Crippen LogP contribution >= 0.6 is 24.0 Å². The monoisotopic (exact) mass is 529 g/mol. The second-order valence-electron chi connectivity index (χ2n) is 7.86. The quantitative estimate of drug-likeness (QED) is 0.115. The minimum atomic E-state index is -0.745. The van der Waals surface area contributed by atoms with Crippen molar-refractivity contribution in [3.63, 3.8) is 0 Å². The minimum Gasteiger partial charge on any atom is -0.450 e. The van der Waals surface area contributed by atoms with E-state index < -0.39 is 21.2 Å². The zero-order valence-corrected chi connectivity index (χ0v) is 20.4. The van der Waals surface area contributed by atoms with E-state index in [0.29, 0.717) is 20.5 Å². The Kier molecular flexibility index (Phi) is 6.38. The van der Waals surface area contributed by atoms with Crippen molar-refractivity contribution < 1.29 is 19.4 Å². The van der Waals surface area contributed by atoms with E-state index in [4.69, 9.17) is 17.0 Å². The van der Waals surface area contributed by atoms with Gasteiger partial charge in [-0.15, -0.1) is 0 Å². The third kappa shape index (κ3) is 4.77. The number of rotatable bonds is 6. The van der Waals surface area contributed by atoms with E-state index in [0.717, 1.165) is 22.9 Å². The number of benzene rings is 4. The molecular formula is C26H15N3O6S2. The smallest absolute Gasteiger partial charge is 0.318 e. The molecule has 0 bridgehead atoms. The highest BCUT2D eigenvalue weighted by molar-refractivity contribution is 8.27. The van der Waals surface area contributed by atoms with Crippen molar-refractivity contribution in [3.05, 3.63) is 116 Å². The normalized spacial score (nSPS) is 14.4. The lowest BCUT2D eigenvalue weighted by molar-refractivity contribution is -0.394. The number of amides is 1. The second kappa shape index (κ2) is 9.80. The van der Waals surface area contributed by atoms with Crippen molar-refractivity contribution in [1.82, 2.24) is 0 Å². The van der Waals surface area contributed by atoms with E-state index >= 15 is 0 Å². The molecular weight excluding hydrogens is 514 g/mol. The number of carbonyl (C=O) groups excluding carboxylic acids is 1. The Bertz CT molecular complexity index is 1650. The van der Waals surface area contributed by atoms with Crippen LogP contribution in [0, 0.1) is 20.2 Å². The molecule has 4 aromatic rings. The largest absolute Gasteiger partial charge is 0.450 e. The predicted octanol–water partition coefficient (Wildman–Crippen LogP) is 6.85. The Morgan fingerprint density at radius 1 is 0.892 bits per heavy atom. The molecule has 0 aliphatic carbocycles. The molecule has 1 fully saturated rings. The van der Waals surface area contributed by atoms with Crippen molar-refractivity contribution in [2.75, 3.05) is 4.90 Å². The summed E-state index contributed by atoms with van der Waals surface area (Å²) >= 11 is 6.70. The average molecular weight is 530 g/mol. The summed E-state index contributed by atoms with van der Waals surface area (Å²) in [6, 6.07) is 23.2. The zero-order valence-electron chi connectivity index (χ0n) is 18.8. The lowest BCUT2D eigenvalue weighted by Crippen LogP contribution is -2.27. The summed E-state index contributed by atoms with van der Waals surface area (Å²) < 4.78 is 6.08. The number of carbonyl (C=O) groups is 1. The van der Waals surface area contributed by atoms with Gasteiger partial charge in [0.1, 0.15) is 5.75 Å². The first-order chi connectivity index (χ1) is 17.8. The lowest BCUT2D eigenvalue weighted by atomic mass is 10.1. The van der Waals surface area contributed by atoms with Gasteiger partial charge in [-0.05, 0) is 41.3 Å². The fourth-order valence-corrected chi connectivity index (χ4v) is 5.16. The number of nitrogens with zero attached hydrogens (tertiary/aromatic N) is 3. The number of thiocarbonyl (C=S) groups is 1. The number of hydrogen-bond donors (Lipinski definition) is 0. The molecule has 1 amide bonds. The number of non-ortho nitro benzene ring substituents is 1. The maximum Gasteiger partial charge on any atom is 0.318 e. The molecule has 0 N–H and O–H groups in total. The van der Waals surface area contributed by atoms with E-state index in [2.05, 4.69) is 0 Å². The second-order valence-corrected chi connectivity index (χ2v) is 9.53. The fourth-order valence-electron chi connectivity index (χ4n) is 3.87. The summed E-state index contributed by atoms with van der Waals surface area (Å²) in [4.78, 5) is 36.2. The highest BCUT2D eigenvalue weighted by atomic mass is 32.2. The van der Waals surface area contributed by atoms with Crippen LogP contribution in [0.2, 0.25) is 0 Å². The Morgan fingerprint density at radius 2 is 1.65 bits per heavy atom.